The van der Waals surface area contributed by atoms with E-state index < -0.39 is 35.2 Å². The van der Waals surface area contributed by atoms with Crippen LogP contribution in [-0.4, -0.2) is 28.5 Å². The molecule has 1 aliphatic heterocycles. The van der Waals surface area contributed by atoms with Crippen LogP contribution in [-0.2, 0) is 16.2 Å². The molecule has 0 spiro atoms. The van der Waals surface area contributed by atoms with Crippen molar-refractivity contribution < 1.29 is 27.9 Å². The maximum atomic E-state index is 13.7. The molecule has 3 amide bonds. The van der Waals surface area contributed by atoms with E-state index in [-0.39, 0.29) is 10.6 Å². The molecule has 0 saturated carbocycles. The molecule has 4 rings (SSSR count). The largest absolute Gasteiger partial charge is 0.489 e. The van der Waals surface area contributed by atoms with Crippen molar-refractivity contribution >= 4 is 40.6 Å². The van der Waals surface area contributed by atoms with Crippen LogP contribution in [0.15, 0.2) is 77.7 Å². The Morgan fingerprint density at radius 2 is 1.74 bits per heavy atom. The summed E-state index contributed by atoms with van der Waals surface area (Å²) in [5.41, 5.74) is 1.46. The minimum absolute atomic E-state index is 0.156. The van der Waals surface area contributed by atoms with Crippen molar-refractivity contribution in [3.05, 3.63) is 100 Å². The van der Waals surface area contributed by atoms with Crippen molar-refractivity contribution in [1.82, 2.24) is 4.90 Å². The molecule has 1 fully saturated rings. The van der Waals surface area contributed by atoms with Gasteiger partial charge in [-0.05, 0) is 53.2 Å². The molecule has 0 aliphatic carbocycles. The van der Waals surface area contributed by atoms with E-state index in [0.717, 1.165) is 22.6 Å². The fraction of sp³-hybridized carbons (Fsp3) is 0.0800. The van der Waals surface area contributed by atoms with Crippen molar-refractivity contribution in [3.63, 3.8) is 0 Å². The maximum Gasteiger partial charge on any atom is 0.294 e. The highest BCUT2D eigenvalue weighted by Crippen LogP contribution is 2.32. The predicted molar refractivity (Wildman–Crippen MR) is 125 cm³/mol. The molecule has 172 valence electrons. The lowest BCUT2D eigenvalue weighted by Gasteiger charge is -2.12. The Hall–Kier alpha value is -3.98. The zero-order valence-corrected chi connectivity index (χ0v) is 18.5. The summed E-state index contributed by atoms with van der Waals surface area (Å²) in [6.07, 6.45) is 1.55. The van der Waals surface area contributed by atoms with E-state index in [1.54, 1.807) is 30.3 Å². The summed E-state index contributed by atoms with van der Waals surface area (Å²) in [6, 6.07) is 19.4. The molecule has 3 aromatic rings. The van der Waals surface area contributed by atoms with Crippen LogP contribution in [0.4, 0.5) is 19.3 Å². The van der Waals surface area contributed by atoms with Gasteiger partial charge < -0.3 is 10.1 Å². The molecule has 1 saturated heterocycles. The van der Waals surface area contributed by atoms with Gasteiger partial charge in [0, 0.05) is 6.07 Å². The monoisotopic (exact) mass is 480 g/mol. The number of hydrogen-bond donors (Lipinski definition) is 1. The molecule has 0 aromatic heterocycles. The molecule has 3 aromatic carbocycles. The van der Waals surface area contributed by atoms with E-state index in [2.05, 4.69) is 5.32 Å². The number of nitrogens with zero attached hydrogens (tertiary/aromatic N) is 1. The predicted octanol–water partition coefficient (Wildman–Crippen LogP) is 5.22. The number of rotatable bonds is 7. The number of nitrogens with one attached hydrogen (secondary N) is 1. The third-order valence-corrected chi connectivity index (χ3v) is 5.71. The van der Waals surface area contributed by atoms with Crippen molar-refractivity contribution in [1.29, 1.82) is 0 Å². The Labute approximate surface area is 198 Å². The van der Waals surface area contributed by atoms with Crippen LogP contribution >= 0.6 is 11.8 Å². The zero-order chi connectivity index (χ0) is 24.1. The number of amides is 3. The number of hydrogen-bond acceptors (Lipinski definition) is 5. The number of carbonyl (C=O) groups is 3. The topological polar surface area (TPSA) is 75.7 Å². The number of benzene rings is 3. The second kappa shape index (κ2) is 10.3. The number of halogens is 2. The average molecular weight is 480 g/mol. The highest BCUT2D eigenvalue weighted by Gasteiger charge is 2.36. The van der Waals surface area contributed by atoms with E-state index in [9.17, 15) is 23.2 Å². The van der Waals surface area contributed by atoms with Gasteiger partial charge in [-0.1, -0.05) is 42.5 Å². The second-order valence-electron chi connectivity index (χ2n) is 7.28. The Morgan fingerprint density at radius 3 is 2.44 bits per heavy atom. The van der Waals surface area contributed by atoms with E-state index in [4.69, 9.17) is 4.74 Å². The first-order chi connectivity index (χ1) is 16.4. The fourth-order valence-corrected chi connectivity index (χ4v) is 3.95. The lowest BCUT2D eigenvalue weighted by atomic mass is 10.2. The summed E-state index contributed by atoms with van der Waals surface area (Å²) in [5, 5.41) is 1.61. The molecule has 0 atom stereocenters. The van der Waals surface area contributed by atoms with Crippen LogP contribution < -0.4 is 10.1 Å². The molecule has 1 N–H and O–H groups in total. The average Bonchev–Trinajstić information content (AvgIpc) is 3.08. The van der Waals surface area contributed by atoms with Crippen molar-refractivity contribution in [3.8, 4) is 5.75 Å². The zero-order valence-electron chi connectivity index (χ0n) is 17.7. The molecule has 34 heavy (non-hydrogen) atoms. The summed E-state index contributed by atoms with van der Waals surface area (Å²) in [5.74, 6) is -2.51. The quantitative estimate of drug-likeness (QED) is 0.470. The Morgan fingerprint density at radius 1 is 1.00 bits per heavy atom. The van der Waals surface area contributed by atoms with Gasteiger partial charge in [0.15, 0.2) is 0 Å². The van der Waals surface area contributed by atoms with Gasteiger partial charge in [-0.3, -0.25) is 19.3 Å². The van der Waals surface area contributed by atoms with Gasteiger partial charge in [0.25, 0.3) is 11.1 Å². The van der Waals surface area contributed by atoms with Crippen LogP contribution in [0.25, 0.3) is 6.08 Å². The summed E-state index contributed by atoms with van der Waals surface area (Å²) in [6.45, 7) is -0.173. The Kier molecular flexibility index (Phi) is 7.03. The van der Waals surface area contributed by atoms with E-state index in [0.29, 0.717) is 35.7 Å². The van der Waals surface area contributed by atoms with Crippen LogP contribution in [0.3, 0.4) is 0 Å². The lowest BCUT2D eigenvalue weighted by molar-refractivity contribution is -0.127. The molecular formula is C25H18F2N2O4S. The SMILES string of the molecule is O=C(CN1C(=O)SC(=Cc2ccc(OCc3ccccc3)cc2)C1=O)Nc1ccc(F)cc1F. The van der Waals surface area contributed by atoms with Crippen molar-refractivity contribution in [2.45, 2.75) is 6.61 Å². The van der Waals surface area contributed by atoms with Gasteiger partial charge >= 0.3 is 0 Å². The van der Waals surface area contributed by atoms with E-state index in [1.807, 2.05) is 30.3 Å². The number of ether oxygens (including phenoxy) is 1. The Bertz CT molecular complexity index is 1260. The third kappa shape index (κ3) is 5.68. The maximum absolute atomic E-state index is 13.7. The Balaban J connectivity index is 1.36. The van der Waals surface area contributed by atoms with Crippen LogP contribution in [0.1, 0.15) is 11.1 Å². The van der Waals surface area contributed by atoms with Gasteiger partial charge in [0.1, 0.15) is 30.5 Å². The third-order valence-electron chi connectivity index (χ3n) is 4.81. The number of imide groups is 1. The van der Waals surface area contributed by atoms with Gasteiger partial charge in [0.05, 0.1) is 10.6 Å². The van der Waals surface area contributed by atoms with Gasteiger partial charge in [-0.15, -0.1) is 0 Å². The van der Waals surface area contributed by atoms with Crippen LogP contribution in [0, 0.1) is 11.6 Å². The van der Waals surface area contributed by atoms with Gasteiger partial charge in [0.2, 0.25) is 5.91 Å². The van der Waals surface area contributed by atoms with Crippen molar-refractivity contribution in [2.75, 3.05) is 11.9 Å². The molecule has 6 nitrogen and oxygen atoms in total. The first kappa shape index (κ1) is 23.2. The van der Waals surface area contributed by atoms with Gasteiger partial charge in [-0.2, -0.15) is 0 Å². The summed E-state index contributed by atoms with van der Waals surface area (Å²) < 4.78 is 32.5. The normalized spacial score (nSPS) is 14.5. The van der Waals surface area contributed by atoms with Crippen molar-refractivity contribution in [2.24, 2.45) is 0 Å². The first-order valence-electron chi connectivity index (χ1n) is 10.2. The number of thioether (sulfide) groups is 1. The number of anilines is 1. The summed E-state index contributed by atoms with van der Waals surface area (Å²) >= 11 is 0.705. The fourth-order valence-electron chi connectivity index (χ4n) is 3.11. The standard InChI is InChI=1S/C25H18F2N2O4S/c26-18-8-11-21(20(27)13-18)28-23(30)14-29-24(31)22(34-25(29)32)12-16-6-9-19(10-7-16)33-15-17-4-2-1-3-5-17/h1-13H,14-15H2,(H,28,30). The second-order valence-corrected chi connectivity index (χ2v) is 8.28. The summed E-state index contributed by atoms with van der Waals surface area (Å²) in [4.78, 5) is 38.0. The molecule has 0 bridgehead atoms. The molecule has 0 unspecified atom stereocenters. The molecule has 9 heteroatoms. The minimum Gasteiger partial charge on any atom is -0.489 e. The summed E-state index contributed by atoms with van der Waals surface area (Å²) in [7, 11) is 0. The molecule has 1 aliphatic rings. The lowest BCUT2D eigenvalue weighted by Crippen LogP contribution is -2.36. The highest BCUT2D eigenvalue weighted by molar-refractivity contribution is 8.18. The van der Waals surface area contributed by atoms with Gasteiger partial charge in [-0.25, -0.2) is 8.78 Å². The van der Waals surface area contributed by atoms with Crippen LogP contribution in [0.2, 0.25) is 0 Å². The minimum atomic E-state index is -0.960. The smallest absolute Gasteiger partial charge is 0.294 e. The van der Waals surface area contributed by atoms with E-state index in [1.165, 1.54) is 0 Å². The first-order valence-corrected chi connectivity index (χ1v) is 11.0. The van der Waals surface area contributed by atoms with Crippen LogP contribution in [0.5, 0.6) is 5.75 Å². The highest BCUT2D eigenvalue weighted by atomic mass is 32.2. The molecule has 0 radical (unpaired) electrons. The van der Waals surface area contributed by atoms with E-state index >= 15 is 0 Å². The molecular weight excluding hydrogens is 462 g/mol. The molecule has 1 heterocycles. The number of carbonyl (C=O) groups excluding carboxylic acids is 3.